The zero-order valence-electron chi connectivity index (χ0n) is 16.8. The Hall–Kier alpha value is -2.13. The van der Waals surface area contributed by atoms with Crippen LogP contribution in [0.5, 0.6) is 5.88 Å². The van der Waals surface area contributed by atoms with Gasteiger partial charge in [-0.05, 0) is 56.4 Å². The monoisotopic (exact) mass is 367 g/mol. The van der Waals surface area contributed by atoms with Gasteiger partial charge in [0.15, 0.2) is 0 Å². The third-order valence-corrected chi connectivity index (χ3v) is 4.48. The van der Waals surface area contributed by atoms with Crippen LogP contribution in [0.25, 0.3) is 17.0 Å². The van der Waals surface area contributed by atoms with Gasteiger partial charge < -0.3 is 9.47 Å². The molecule has 0 saturated carbocycles. The maximum Gasteiger partial charge on any atom is 0.214 e. The number of benzene rings is 1. The first-order chi connectivity index (χ1) is 13.2. The van der Waals surface area contributed by atoms with Gasteiger partial charge in [0.25, 0.3) is 0 Å². The van der Waals surface area contributed by atoms with Crippen LogP contribution in [0.1, 0.15) is 57.9 Å². The first kappa shape index (κ1) is 21.2. The van der Waals surface area contributed by atoms with E-state index in [4.69, 9.17) is 9.47 Å². The highest BCUT2D eigenvalue weighted by atomic mass is 16.5. The van der Waals surface area contributed by atoms with Gasteiger partial charge in [0.05, 0.1) is 11.6 Å². The number of hydrogen-bond acceptors (Lipinski definition) is 3. The van der Waals surface area contributed by atoms with Gasteiger partial charge >= 0.3 is 0 Å². The second kappa shape index (κ2) is 12.3. The normalized spacial score (nSPS) is 12.5. The van der Waals surface area contributed by atoms with E-state index in [0.717, 1.165) is 36.8 Å². The Labute approximate surface area is 164 Å². The zero-order valence-corrected chi connectivity index (χ0v) is 16.8. The SMILES string of the molecule is C=CCOc1ccc2cc(/C=C/CCCC(C)OCCCCC)ccc2n1. The van der Waals surface area contributed by atoms with Gasteiger partial charge in [-0.1, -0.05) is 50.6 Å². The van der Waals surface area contributed by atoms with Crippen LogP contribution in [-0.4, -0.2) is 24.3 Å². The number of ether oxygens (including phenoxy) is 2. The summed E-state index contributed by atoms with van der Waals surface area (Å²) in [6, 6.07) is 10.3. The highest BCUT2D eigenvalue weighted by Crippen LogP contribution is 2.19. The van der Waals surface area contributed by atoms with E-state index in [2.05, 4.69) is 55.8 Å². The Morgan fingerprint density at radius 3 is 2.85 bits per heavy atom. The number of pyridine rings is 1. The molecule has 1 heterocycles. The molecule has 0 bridgehead atoms. The summed E-state index contributed by atoms with van der Waals surface area (Å²) >= 11 is 0. The van der Waals surface area contributed by atoms with Crippen LogP contribution >= 0.6 is 0 Å². The zero-order chi connectivity index (χ0) is 19.3. The summed E-state index contributed by atoms with van der Waals surface area (Å²) in [5, 5.41) is 1.12. The van der Waals surface area contributed by atoms with Gasteiger partial charge in [0, 0.05) is 18.1 Å². The molecule has 0 spiro atoms. The van der Waals surface area contributed by atoms with E-state index >= 15 is 0 Å². The predicted octanol–water partition coefficient (Wildman–Crippen LogP) is 6.58. The minimum Gasteiger partial charge on any atom is -0.473 e. The maximum absolute atomic E-state index is 5.84. The lowest BCUT2D eigenvalue weighted by Gasteiger charge is -2.12. The molecule has 0 radical (unpaired) electrons. The number of allylic oxidation sites excluding steroid dienone is 1. The smallest absolute Gasteiger partial charge is 0.214 e. The second-order valence-corrected chi connectivity index (χ2v) is 6.92. The van der Waals surface area contributed by atoms with E-state index in [1.807, 2.05) is 12.1 Å². The minimum absolute atomic E-state index is 0.361. The van der Waals surface area contributed by atoms with E-state index in [-0.39, 0.29) is 0 Å². The molecule has 27 heavy (non-hydrogen) atoms. The fourth-order valence-electron chi connectivity index (χ4n) is 2.92. The molecule has 1 unspecified atom stereocenters. The van der Waals surface area contributed by atoms with Crippen molar-refractivity contribution in [3.05, 3.63) is 54.6 Å². The maximum atomic E-state index is 5.84. The molecule has 2 rings (SSSR count). The van der Waals surface area contributed by atoms with E-state index in [1.165, 1.54) is 24.8 Å². The number of rotatable bonds is 13. The third kappa shape index (κ3) is 7.96. The molecule has 0 amide bonds. The summed E-state index contributed by atoms with van der Waals surface area (Å²) in [6.07, 6.45) is 13.6. The summed E-state index contributed by atoms with van der Waals surface area (Å²) in [7, 11) is 0. The summed E-state index contributed by atoms with van der Waals surface area (Å²) in [5.41, 5.74) is 2.15. The summed E-state index contributed by atoms with van der Waals surface area (Å²) in [4.78, 5) is 4.51. The first-order valence-electron chi connectivity index (χ1n) is 10.2. The quantitative estimate of drug-likeness (QED) is 0.296. The molecule has 0 aliphatic carbocycles. The van der Waals surface area contributed by atoms with Gasteiger partial charge in [-0.2, -0.15) is 0 Å². The minimum atomic E-state index is 0.361. The molecule has 0 aliphatic rings. The van der Waals surface area contributed by atoms with Crippen molar-refractivity contribution in [1.29, 1.82) is 0 Å². The predicted molar refractivity (Wildman–Crippen MR) is 115 cm³/mol. The Bertz CT molecular complexity index is 723. The summed E-state index contributed by atoms with van der Waals surface area (Å²) in [6.45, 7) is 9.43. The molecule has 0 aliphatic heterocycles. The van der Waals surface area contributed by atoms with Crippen molar-refractivity contribution < 1.29 is 9.47 Å². The molecular formula is C24H33NO2. The van der Waals surface area contributed by atoms with Crippen molar-refractivity contribution in [2.24, 2.45) is 0 Å². The third-order valence-electron chi connectivity index (χ3n) is 4.48. The number of nitrogens with zero attached hydrogens (tertiary/aromatic N) is 1. The van der Waals surface area contributed by atoms with Crippen LogP contribution < -0.4 is 4.74 Å². The second-order valence-electron chi connectivity index (χ2n) is 6.92. The number of fused-ring (bicyclic) bond motifs is 1. The molecule has 3 heteroatoms. The van der Waals surface area contributed by atoms with Crippen molar-refractivity contribution in [1.82, 2.24) is 4.98 Å². The van der Waals surface area contributed by atoms with Gasteiger partial charge in [-0.25, -0.2) is 4.98 Å². The van der Waals surface area contributed by atoms with Crippen molar-refractivity contribution in [3.63, 3.8) is 0 Å². The lowest BCUT2D eigenvalue weighted by atomic mass is 10.1. The summed E-state index contributed by atoms with van der Waals surface area (Å²) < 4.78 is 11.3. The van der Waals surface area contributed by atoms with E-state index in [9.17, 15) is 0 Å². The average molecular weight is 368 g/mol. The number of aromatic nitrogens is 1. The molecule has 1 aromatic heterocycles. The first-order valence-corrected chi connectivity index (χ1v) is 10.2. The Morgan fingerprint density at radius 1 is 1.15 bits per heavy atom. The fourth-order valence-corrected chi connectivity index (χ4v) is 2.92. The molecule has 146 valence electrons. The van der Waals surface area contributed by atoms with Gasteiger partial charge in [0.2, 0.25) is 5.88 Å². The standard InChI is InChI=1S/C24H33NO2/c1-4-6-10-18-26-20(3)11-8-7-9-12-21-13-15-23-22(19-21)14-16-24(25-23)27-17-5-2/h5,9,12-16,19-20H,2,4,6-8,10-11,17-18H2,1,3H3/b12-9+. The molecule has 0 fully saturated rings. The van der Waals surface area contributed by atoms with Gasteiger partial charge in [-0.3, -0.25) is 0 Å². The van der Waals surface area contributed by atoms with Crippen LogP contribution in [0.15, 0.2) is 49.1 Å². The van der Waals surface area contributed by atoms with Gasteiger partial charge in [-0.15, -0.1) is 0 Å². The van der Waals surface area contributed by atoms with Crippen molar-refractivity contribution in [2.45, 2.75) is 58.5 Å². The van der Waals surface area contributed by atoms with Crippen LogP contribution in [-0.2, 0) is 4.74 Å². The lowest BCUT2D eigenvalue weighted by molar-refractivity contribution is 0.0566. The van der Waals surface area contributed by atoms with Crippen LogP contribution in [0.3, 0.4) is 0 Å². The number of hydrogen-bond donors (Lipinski definition) is 0. The topological polar surface area (TPSA) is 31.4 Å². The largest absolute Gasteiger partial charge is 0.473 e. The van der Waals surface area contributed by atoms with Crippen molar-refractivity contribution in [3.8, 4) is 5.88 Å². The molecular weight excluding hydrogens is 334 g/mol. The van der Waals surface area contributed by atoms with Crippen LogP contribution in [0, 0.1) is 0 Å². The molecule has 0 N–H and O–H groups in total. The Morgan fingerprint density at radius 2 is 2.04 bits per heavy atom. The molecule has 2 aromatic rings. The Balaban J connectivity index is 1.76. The van der Waals surface area contributed by atoms with Crippen molar-refractivity contribution in [2.75, 3.05) is 13.2 Å². The lowest BCUT2D eigenvalue weighted by Crippen LogP contribution is -2.08. The van der Waals surface area contributed by atoms with E-state index < -0.39 is 0 Å². The van der Waals surface area contributed by atoms with Gasteiger partial charge in [0.1, 0.15) is 6.61 Å². The molecule has 1 aromatic carbocycles. The highest BCUT2D eigenvalue weighted by molar-refractivity contribution is 5.81. The van der Waals surface area contributed by atoms with Crippen LogP contribution in [0.4, 0.5) is 0 Å². The van der Waals surface area contributed by atoms with E-state index in [1.54, 1.807) is 6.08 Å². The Kier molecular flexibility index (Phi) is 9.64. The molecule has 0 saturated heterocycles. The van der Waals surface area contributed by atoms with Crippen LogP contribution in [0.2, 0.25) is 0 Å². The number of unbranched alkanes of at least 4 members (excludes halogenated alkanes) is 3. The molecule has 1 atom stereocenters. The summed E-state index contributed by atoms with van der Waals surface area (Å²) in [5.74, 6) is 0.636. The van der Waals surface area contributed by atoms with Crippen molar-refractivity contribution >= 4 is 17.0 Å². The average Bonchev–Trinajstić information content (AvgIpc) is 2.69. The molecule has 3 nitrogen and oxygen atoms in total. The fraction of sp³-hybridized carbons (Fsp3) is 0.458. The highest BCUT2D eigenvalue weighted by Gasteiger charge is 2.01. The van der Waals surface area contributed by atoms with E-state index in [0.29, 0.717) is 18.6 Å².